The Morgan fingerprint density at radius 3 is 2.12 bits per heavy atom. The fraction of sp³-hybridized carbons (Fsp3) is 0.333. The van der Waals surface area contributed by atoms with E-state index in [1.54, 1.807) is 60.7 Å². The van der Waals surface area contributed by atoms with Gasteiger partial charge < -0.3 is 10.2 Å². The molecule has 2 amide bonds. The van der Waals surface area contributed by atoms with Crippen LogP contribution in [0, 0.1) is 6.92 Å². The van der Waals surface area contributed by atoms with Crippen LogP contribution in [0.1, 0.15) is 44.7 Å². The van der Waals surface area contributed by atoms with Gasteiger partial charge in [-0.1, -0.05) is 79.0 Å². The molecule has 214 valence electrons. The molecule has 3 aromatic rings. The maximum atomic E-state index is 14.1. The lowest BCUT2D eigenvalue weighted by Crippen LogP contribution is -2.53. The van der Waals surface area contributed by atoms with E-state index in [9.17, 15) is 18.0 Å². The Labute approximate surface area is 247 Å². The van der Waals surface area contributed by atoms with Crippen molar-refractivity contribution in [1.82, 2.24) is 10.2 Å². The maximum absolute atomic E-state index is 14.1. The average Bonchev–Trinajstić information content (AvgIpc) is 2.93. The third kappa shape index (κ3) is 7.77. The topological polar surface area (TPSA) is 86.8 Å². The Morgan fingerprint density at radius 1 is 0.900 bits per heavy atom. The predicted octanol–water partition coefficient (Wildman–Crippen LogP) is 6.22. The van der Waals surface area contributed by atoms with Crippen LogP contribution in [0.4, 0.5) is 5.69 Å². The zero-order chi connectivity index (χ0) is 29.4. The number of hydrogen-bond donors (Lipinski definition) is 1. The average molecular weight is 605 g/mol. The summed E-state index contributed by atoms with van der Waals surface area (Å²) in [6.45, 7) is 7.06. The van der Waals surface area contributed by atoms with Gasteiger partial charge in [-0.3, -0.25) is 13.9 Å². The highest BCUT2D eigenvalue weighted by atomic mass is 35.5. The van der Waals surface area contributed by atoms with Crippen molar-refractivity contribution in [2.75, 3.05) is 10.8 Å². The second-order valence-corrected chi connectivity index (χ2v) is 12.3. The van der Waals surface area contributed by atoms with Crippen LogP contribution in [0.25, 0.3) is 0 Å². The summed E-state index contributed by atoms with van der Waals surface area (Å²) >= 11 is 12.3. The van der Waals surface area contributed by atoms with Crippen LogP contribution in [-0.2, 0) is 26.2 Å². The zero-order valence-electron chi connectivity index (χ0n) is 23.1. The van der Waals surface area contributed by atoms with Gasteiger partial charge >= 0.3 is 0 Å². The number of halogens is 2. The van der Waals surface area contributed by atoms with E-state index in [1.807, 2.05) is 27.7 Å². The van der Waals surface area contributed by atoms with Gasteiger partial charge in [0.2, 0.25) is 11.8 Å². The number of sulfonamides is 1. The van der Waals surface area contributed by atoms with Crippen molar-refractivity contribution in [1.29, 1.82) is 0 Å². The minimum atomic E-state index is -4.11. The molecule has 0 aliphatic heterocycles. The molecule has 0 bridgehead atoms. The number of nitrogens with one attached hydrogen (secondary N) is 1. The van der Waals surface area contributed by atoms with Gasteiger partial charge in [-0.25, -0.2) is 8.42 Å². The van der Waals surface area contributed by atoms with Crippen LogP contribution in [0.15, 0.2) is 77.7 Å². The molecule has 0 fully saturated rings. The smallest absolute Gasteiger partial charge is 0.264 e. The van der Waals surface area contributed by atoms with Crippen LogP contribution >= 0.6 is 23.2 Å². The normalized spacial score (nSPS) is 12.8. The summed E-state index contributed by atoms with van der Waals surface area (Å²) in [4.78, 5) is 28.9. The van der Waals surface area contributed by atoms with E-state index in [1.165, 1.54) is 17.0 Å². The fourth-order valence-corrected chi connectivity index (χ4v) is 5.89. The molecule has 3 aromatic carbocycles. The molecule has 0 heterocycles. The number of hydrogen-bond acceptors (Lipinski definition) is 4. The van der Waals surface area contributed by atoms with Gasteiger partial charge in [-0.2, -0.15) is 0 Å². The first-order chi connectivity index (χ1) is 19.0. The predicted molar refractivity (Wildman–Crippen MR) is 161 cm³/mol. The molecule has 2 atom stereocenters. The molecule has 0 aliphatic carbocycles. The Hall–Kier alpha value is -3.07. The van der Waals surface area contributed by atoms with E-state index in [-0.39, 0.29) is 23.4 Å². The molecule has 40 heavy (non-hydrogen) atoms. The fourth-order valence-electron chi connectivity index (χ4n) is 4.16. The number of rotatable bonds is 12. The molecule has 0 aromatic heterocycles. The van der Waals surface area contributed by atoms with Gasteiger partial charge in [-0.15, -0.1) is 0 Å². The Kier molecular flexibility index (Phi) is 11.0. The van der Waals surface area contributed by atoms with E-state index >= 15 is 0 Å². The van der Waals surface area contributed by atoms with Gasteiger partial charge in [0.1, 0.15) is 12.6 Å². The number of aryl methyl sites for hydroxylation is 1. The summed E-state index contributed by atoms with van der Waals surface area (Å²) in [7, 11) is -4.11. The van der Waals surface area contributed by atoms with Crippen LogP contribution in [0.3, 0.4) is 0 Å². The number of benzene rings is 3. The maximum Gasteiger partial charge on any atom is 0.264 e. The van der Waals surface area contributed by atoms with Crippen molar-refractivity contribution in [3.63, 3.8) is 0 Å². The number of amides is 2. The lowest BCUT2D eigenvalue weighted by atomic mass is 10.1. The van der Waals surface area contributed by atoms with E-state index in [2.05, 4.69) is 5.32 Å². The summed E-state index contributed by atoms with van der Waals surface area (Å²) in [6, 6.07) is 19.0. The minimum Gasteiger partial charge on any atom is -0.352 e. The summed E-state index contributed by atoms with van der Waals surface area (Å²) in [5, 5.41) is 3.64. The van der Waals surface area contributed by atoms with Crippen molar-refractivity contribution >= 4 is 50.7 Å². The largest absolute Gasteiger partial charge is 0.352 e. The third-order valence-corrected chi connectivity index (χ3v) is 9.18. The molecular formula is C30H35Cl2N3O4S. The molecule has 10 heteroatoms. The highest BCUT2D eigenvalue weighted by Crippen LogP contribution is 2.27. The molecule has 7 nitrogen and oxygen atoms in total. The van der Waals surface area contributed by atoms with E-state index in [0.717, 1.165) is 16.3 Å². The molecule has 1 N–H and O–H groups in total. The molecular weight excluding hydrogens is 569 g/mol. The van der Waals surface area contributed by atoms with Crippen molar-refractivity contribution < 1.29 is 18.0 Å². The van der Waals surface area contributed by atoms with E-state index < -0.39 is 28.5 Å². The lowest BCUT2D eigenvalue weighted by Gasteiger charge is -2.33. The number of para-hydroxylation sites is 1. The zero-order valence-corrected chi connectivity index (χ0v) is 25.4. The quantitative estimate of drug-likeness (QED) is 0.266. The van der Waals surface area contributed by atoms with E-state index in [0.29, 0.717) is 27.7 Å². The SMILES string of the molecule is CC[C@@H](C)NC(=O)[C@@H](CC)N(Cc1ccc(Cl)c(Cl)c1)C(=O)CN(c1ccccc1)S(=O)(=O)c1ccc(C)cc1. The highest BCUT2D eigenvalue weighted by Gasteiger charge is 2.34. The monoisotopic (exact) mass is 603 g/mol. The minimum absolute atomic E-state index is 0.0371. The molecule has 0 aliphatic rings. The highest BCUT2D eigenvalue weighted by molar-refractivity contribution is 7.92. The van der Waals surface area contributed by atoms with Crippen molar-refractivity contribution in [2.24, 2.45) is 0 Å². The van der Waals surface area contributed by atoms with Crippen molar-refractivity contribution in [3.8, 4) is 0 Å². The number of carbonyl (C=O) groups is 2. The molecule has 0 radical (unpaired) electrons. The second kappa shape index (κ2) is 14.0. The second-order valence-electron chi connectivity index (χ2n) is 9.67. The van der Waals surface area contributed by atoms with Crippen LogP contribution in [0.5, 0.6) is 0 Å². The molecule has 0 spiro atoms. The first-order valence-electron chi connectivity index (χ1n) is 13.2. The Balaban J connectivity index is 2.05. The van der Waals surface area contributed by atoms with Crippen LogP contribution in [0.2, 0.25) is 10.0 Å². The Bertz CT molecular complexity index is 1420. The first-order valence-corrected chi connectivity index (χ1v) is 15.4. The molecule has 0 unspecified atom stereocenters. The van der Waals surface area contributed by atoms with Crippen molar-refractivity contribution in [3.05, 3.63) is 94.0 Å². The van der Waals surface area contributed by atoms with Crippen molar-refractivity contribution in [2.45, 2.75) is 64.1 Å². The lowest BCUT2D eigenvalue weighted by molar-refractivity contribution is -0.140. The standard InChI is InChI=1S/C30H35Cl2N3O4S/c1-5-22(4)33-30(37)28(6-2)34(19-23-14-17-26(31)27(32)18-23)29(36)20-35(24-10-8-7-9-11-24)40(38,39)25-15-12-21(3)13-16-25/h7-18,22,28H,5-6,19-20H2,1-4H3,(H,33,37)/t22-,28-/m1/s1. The van der Waals surface area contributed by atoms with Gasteiger partial charge in [0.15, 0.2) is 0 Å². The molecule has 3 rings (SSSR count). The van der Waals surface area contributed by atoms with Gasteiger partial charge in [0.05, 0.1) is 20.6 Å². The number of carbonyl (C=O) groups excluding carboxylic acids is 2. The number of nitrogens with zero attached hydrogens (tertiary/aromatic N) is 2. The molecule has 0 saturated carbocycles. The van der Waals surface area contributed by atoms with Crippen LogP contribution < -0.4 is 9.62 Å². The van der Waals surface area contributed by atoms with Crippen LogP contribution in [-0.4, -0.2) is 43.8 Å². The molecule has 0 saturated heterocycles. The summed E-state index contributed by atoms with van der Waals surface area (Å²) in [5.74, 6) is -0.838. The van der Waals surface area contributed by atoms with Gasteiger partial charge in [0, 0.05) is 12.6 Å². The van der Waals surface area contributed by atoms with E-state index in [4.69, 9.17) is 23.2 Å². The Morgan fingerprint density at radius 2 is 1.55 bits per heavy atom. The first kappa shape index (κ1) is 31.5. The van der Waals surface area contributed by atoms with Gasteiger partial charge in [-0.05, 0) is 68.7 Å². The summed E-state index contributed by atoms with van der Waals surface area (Å²) in [6.07, 6.45) is 1.05. The number of anilines is 1. The van der Waals surface area contributed by atoms with Gasteiger partial charge in [0.25, 0.3) is 10.0 Å². The summed E-state index contributed by atoms with van der Waals surface area (Å²) < 4.78 is 28.8. The third-order valence-electron chi connectivity index (χ3n) is 6.66. The summed E-state index contributed by atoms with van der Waals surface area (Å²) in [5.41, 5.74) is 1.90.